The summed E-state index contributed by atoms with van der Waals surface area (Å²) in [5.74, 6) is -3.18. The molecule has 33 heavy (non-hydrogen) atoms. The molecule has 0 bridgehead atoms. The highest BCUT2D eigenvalue weighted by Crippen LogP contribution is 2.52. The molecular formula is C26H21ClN2O4. The molecule has 0 unspecified atom stereocenters. The van der Waals surface area contributed by atoms with Crippen molar-refractivity contribution in [1.29, 1.82) is 0 Å². The van der Waals surface area contributed by atoms with Crippen LogP contribution >= 0.6 is 11.6 Å². The van der Waals surface area contributed by atoms with E-state index in [9.17, 15) is 14.4 Å². The van der Waals surface area contributed by atoms with Gasteiger partial charge in [0.15, 0.2) is 0 Å². The van der Waals surface area contributed by atoms with E-state index in [0.717, 1.165) is 11.1 Å². The summed E-state index contributed by atoms with van der Waals surface area (Å²) in [6, 6.07) is 24.4. The first-order valence-electron chi connectivity index (χ1n) is 10.6. The zero-order valence-corrected chi connectivity index (χ0v) is 18.5. The third-order valence-electron chi connectivity index (χ3n) is 6.56. The van der Waals surface area contributed by atoms with Gasteiger partial charge in [-0.15, -0.1) is 0 Å². The van der Waals surface area contributed by atoms with Gasteiger partial charge in [-0.05, 0) is 35.4 Å². The molecule has 1 N–H and O–H groups in total. The van der Waals surface area contributed by atoms with Crippen molar-refractivity contribution in [3.8, 4) is 0 Å². The van der Waals surface area contributed by atoms with Gasteiger partial charge in [-0.3, -0.25) is 19.7 Å². The Balaban J connectivity index is 1.74. The number of nitrogens with one attached hydrogen (secondary N) is 1. The number of methoxy groups -OCH3 is 1. The maximum Gasteiger partial charge on any atom is 0.323 e. The smallest absolute Gasteiger partial charge is 0.323 e. The lowest BCUT2D eigenvalue weighted by atomic mass is 9.72. The molecule has 2 aliphatic rings. The average Bonchev–Trinajstić information content (AvgIpc) is 3.35. The van der Waals surface area contributed by atoms with Gasteiger partial charge in [-0.25, -0.2) is 4.90 Å². The van der Waals surface area contributed by atoms with Gasteiger partial charge in [-0.1, -0.05) is 72.3 Å². The minimum atomic E-state index is -1.10. The molecule has 2 saturated heterocycles. The van der Waals surface area contributed by atoms with E-state index < -0.39 is 35.3 Å². The summed E-state index contributed by atoms with van der Waals surface area (Å²) in [7, 11) is 1.28. The molecule has 2 amide bonds. The number of fused-ring (bicyclic) bond motifs is 1. The minimum absolute atomic E-state index is 0.376. The van der Waals surface area contributed by atoms with Crippen molar-refractivity contribution >= 4 is 35.1 Å². The fraction of sp³-hybridized carbons (Fsp3) is 0.192. The molecule has 0 spiro atoms. The minimum Gasteiger partial charge on any atom is -0.468 e. The Morgan fingerprint density at radius 1 is 0.879 bits per heavy atom. The molecule has 3 aromatic carbocycles. The Hall–Kier alpha value is -3.48. The van der Waals surface area contributed by atoms with E-state index in [2.05, 4.69) is 5.32 Å². The van der Waals surface area contributed by atoms with E-state index in [1.54, 1.807) is 24.3 Å². The number of nitrogens with zero attached hydrogens (tertiary/aromatic N) is 1. The van der Waals surface area contributed by atoms with E-state index in [1.165, 1.54) is 12.0 Å². The fourth-order valence-electron chi connectivity index (χ4n) is 5.18. The number of halogens is 1. The molecule has 7 heteroatoms. The molecule has 0 aromatic heterocycles. The molecule has 2 aliphatic heterocycles. The molecule has 5 rings (SSSR count). The highest BCUT2D eigenvalue weighted by Gasteiger charge is 2.68. The summed E-state index contributed by atoms with van der Waals surface area (Å²) in [6.45, 7) is 0. The number of imide groups is 1. The first-order chi connectivity index (χ1) is 16.0. The van der Waals surface area contributed by atoms with Crippen LogP contribution in [0.1, 0.15) is 11.1 Å². The van der Waals surface area contributed by atoms with Gasteiger partial charge in [0.2, 0.25) is 11.8 Å². The lowest BCUT2D eigenvalue weighted by Gasteiger charge is -2.36. The summed E-state index contributed by atoms with van der Waals surface area (Å²) in [5, 5.41) is 3.86. The van der Waals surface area contributed by atoms with Crippen LogP contribution < -0.4 is 10.2 Å². The third-order valence-corrected chi connectivity index (χ3v) is 6.81. The Morgan fingerprint density at radius 2 is 1.42 bits per heavy atom. The molecule has 2 fully saturated rings. The number of carbonyl (C=O) groups excluding carboxylic acids is 3. The predicted octanol–water partition coefficient (Wildman–Crippen LogP) is 3.53. The monoisotopic (exact) mass is 460 g/mol. The van der Waals surface area contributed by atoms with Gasteiger partial charge in [-0.2, -0.15) is 0 Å². The first kappa shape index (κ1) is 21.4. The van der Waals surface area contributed by atoms with E-state index in [4.69, 9.17) is 16.3 Å². The second-order valence-electron chi connectivity index (χ2n) is 8.18. The van der Waals surface area contributed by atoms with Crippen LogP contribution in [0.5, 0.6) is 0 Å². The molecule has 6 nitrogen and oxygen atoms in total. The molecule has 166 valence electrons. The number of rotatable bonds is 4. The molecule has 3 atom stereocenters. The number of anilines is 1. The zero-order chi connectivity index (χ0) is 23.2. The van der Waals surface area contributed by atoms with E-state index >= 15 is 0 Å². The quantitative estimate of drug-likeness (QED) is 0.476. The molecule has 2 heterocycles. The van der Waals surface area contributed by atoms with Gasteiger partial charge in [0, 0.05) is 5.02 Å². The maximum absolute atomic E-state index is 14.0. The number of amides is 2. The maximum atomic E-state index is 14.0. The topological polar surface area (TPSA) is 75.7 Å². The highest BCUT2D eigenvalue weighted by molar-refractivity contribution is 6.31. The van der Waals surface area contributed by atoms with Crippen molar-refractivity contribution in [1.82, 2.24) is 5.32 Å². The molecular weight excluding hydrogens is 440 g/mol. The second-order valence-corrected chi connectivity index (χ2v) is 8.61. The van der Waals surface area contributed by atoms with Gasteiger partial charge < -0.3 is 4.74 Å². The summed E-state index contributed by atoms with van der Waals surface area (Å²) in [6.07, 6.45) is 0. The van der Waals surface area contributed by atoms with Crippen molar-refractivity contribution in [2.45, 2.75) is 11.6 Å². The lowest BCUT2D eigenvalue weighted by molar-refractivity contribution is -0.145. The summed E-state index contributed by atoms with van der Waals surface area (Å²) < 4.78 is 5.05. The van der Waals surface area contributed by atoms with Crippen LogP contribution in [0.25, 0.3) is 0 Å². The SMILES string of the molecule is COC(=O)[C@@H]1NC(c2ccccc2)(c2ccccc2)[C@H]2C(=O)N(c3ccc(Cl)cc3)C(=O)[C@@H]12. The average molecular weight is 461 g/mol. The lowest BCUT2D eigenvalue weighted by Crippen LogP contribution is -2.51. The van der Waals surface area contributed by atoms with E-state index in [-0.39, 0.29) is 5.91 Å². The van der Waals surface area contributed by atoms with Crippen LogP contribution in [0, 0.1) is 11.8 Å². The van der Waals surface area contributed by atoms with Gasteiger partial charge in [0.25, 0.3) is 0 Å². The Bertz CT molecular complexity index is 1170. The van der Waals surface area contributed by atoms with Crippen LogP contribution in [0.15, 0.2) is 84.9 Å². The van der Waals surface area contributed by atoms with Crippen LogP contribution in [0.4, 0.5) is 5.69 Å². The molecule has 0 radical (unpaired) electrons. The van der Waals surface area contributed by atoms with Crippen molar-refractivity contribution in [3.05, 3.63) is 101 Å². The number of esters is 1. The number of carbonyl (C=O) groups is 3. The largest absolute Gasteiger partial charge is 0.468 e. The van der Waals surface area contributed by atoms with Gasteiger partial charge >= 0.3 is 5.97 Å². The van der Waals surface area contributed by atoms with Crippen LogP contribution in [-0.4, -0.2) is 30.9 Å². The highest BCUT2D eigenvalue weighted by atomic mass is 35.5. The number of benzene rings is 3. The third kappa shape index (κ3) is 3.17. The number of hydrogen-bond donors (Lipinski definition) is 1. The summed E-state index contributed by atoms with van der Waals surface area (Å²) in [5.41, 5.74) is 0.899. The Labute approximate surface area is 196 Å². The first-order valence-corrected chi connectivity index (χ1v) is 11.0. The Morgan fingerprint density at radius 3 is 1.94 bits per heavy atom. The standard InChI is InChI=1S/C26H21ClN2O4/c1-33-25(32)22-20-21(24(31)29(23(20)30)19-14-12-18(27)13-15-19)26(28-22,16-8-4-2-5-9-16)17-10-6-3-7-11-17/h2-15,20-22,28H,1H3/t20-,21-,22-/m1/s1. The molecule has 0 aliphatic carbocycles. The predicted molar refractivity (Wildman–Crippen MR) is 124 cm³/mol. The van der Waals surface area contributed by atoms with E-state index in [0.29, 0.717) is 10.7 Å². The van der Waals surface area contributed by atoms with Crippen molar-refractivity contribution in [2.24, 2.45) is 11.8 Å². The van der Waals surface area contributed by atoms with Crippen LogP contribution in [0.3, 0.4) is 0 Å². The van der Waals surface area contributed by atoms with Crippen molar-refractivity contribution in [2.75, 3.05) is 12.0 Å². The van der Waals surface area contributed by atoms with Crippen LogP contribution in [-0.2, 0) is 24.7 Å². The summed E-state index contributed by atoms with van der Waals surface area (Å²) >= 11 is 6.02. The second kappa shape index (κ2) is 8.14. The molecule has 3 aromatic rings. The Kier molecular flexibility index (Phi) is 5.27. The van der Waals surface area contributed by atoms with Crippen molar-refractivity contribution < 1.29 is 19.1 Å². The van der Waals surface area contributed by atoms with Gasteiger partial charge in [0.05, 0.1) is 30.2 Å². The molecule has 0 saturated carbocycles. The van der Waals surface area contributed by atoms with Gasteiger partial charge in [0.1, 0.15) is 6.04 Å². The summed E-state index contributed by atoms with van der Waals surface area (Å²) in [4.78, 5) is 41.7. The fourth-order valence-corrected chi connectivity index (χ4v) is 5.31. The van der Waals surface area contributed by atoms with E-state index in [1.807, 2.05) is 60.7 Å². The normalized spacial score (nSPS) is 23.5. The number of hydrogen-bond acceptors (Lipinski definition) is 5. The van der Waals surface area contributed by atoms with Crippen LogP contribution in [0.2, 0.25) is 5.02 Å². The number of ether oxygens (including phenoxy) is 1. The van der Waals surface area contributed by atoms with Crippen molar-refractivity contribution in [3.63, 3.8) is 0 Å². The zero-order valence-electron chi connectivity index (χ0n) is 17.8.